The maximum Gasteiger partial charge on any atom is 0.273 e. The summed E-state index contributed by atoms with van der Waals surface area (Å²) in [5.74, 6) is 0.126. The van der Waals surface area contributed by atoms with Crippen molar-refractivity contribution in [2.24, 2.45) is 5.73 Å². The van der Waals surface area contributed by atoms with Crippen LogP contribution in [0.3, 0.4) is 0 Å². The second-order valence-corrected chi connectivity index (χ2v) is 4.85. The lowest BCUT2D eigenvalue weighted by Crippen LogP contribution is -2.26. The summed E-state index contributed by atoms with van der Waals surface area (Å²) >= 11 is 0. The number of carbonyl (C=O) groups excluding carboxylic acids is 1. The van der Waals surface area contributed by atoms with Crippen LogP contribution in [0, 0.1) is 6.92 Å². The lowest BCUT2D eigenvalue weighted by Gasteiger charge is -2.03. The van der Waals surface area contributed by atoms with E-state index in [0.29, 0.717) is 12.4 Å². The van der Waals surface area contributed by atoms with Crippen LogP contribution in [0.5, 0.6) is 0 Å². The molecule has 0 aliphatic heterocycles. The molecule has 0 radical (unpaired) electrons. The average molecular weight is 273 g/mol. The number of nitrogens with zero attached hydrogens (tertiary/aromatic N) is 1. The molecule has 1 atom stereocenters. The van der Waals surface area contributed by atoms with Gasteiger partial charge in [-0.25, -0.2) is 4.98 Å². The largest absolute Gasteiger partial charge is 0.446 e. The fourth-order valence-electron chi connectivity index (χ4n) is 1.77. The lowest BCUT2D eigenvalue weighted by atomic mass is 10.1. The van der Waals surface area contributed by atoms with Crippen LogP contribution in [0.15, 0.2) is 34.9 Å². The summed E-state index contributed by atoms with van der Waals surface area (Å²) in [5.41, 5.74) is 8.31. The Morgan fingerprint density at radius 1 is 1.40 bits per heavy atom. The predicted molar refractivity (Wildman–Crippen MR) is 76.3 cm³/mol. The minimum Gasteiger partial charge on any atom is -0.446 e. The van der Waals surface area contributed by atoms with Gasteiger partial charge in [0.15, 0.2) is 5.69 Å². The van der Waals surface area contributed by atoms with Crippen LogP contribution in [0.1, 0.15) is 40.5 Å². The van der Waals surface area contributed by atoms with Crippen LogP contribution in [-0.4, -0.2) is 17.4 Å². The van der Waals surface area contributed by atoms with Gasteiger partial charge >= 0.3 is 0 Å². The fraction of sp³-hybridized carbons (Fsp3) is 0.333. The summed E-state index contributed by atoms with van der Waals surface area (Å²) in [7, 11) is 0. The summed E-state index contributed by atoms with van der Waals surface area (Å²) in [6, 6.07) is 7.93. The van der Waals surface area contributed by atoms with E-state index in [1.807, 2.05) is 6.92 Å². The third-order valence-corrected chi connectivity index (χ3v) is 2.96. The van der Waals surface area contributed by atoms with Crippen LogP contribution in [0.25, 0.3) is 0 Å². The summed E-state index contributed by atoms with van der Waals surface area (Å²) in [6.45, 7) is 4.36. The standard InChI is InChI=1S/C15H19N3O2/c1-10-3-5-12(6-4-10)7-8-17-14(19)13-9-20-15(18-13)11(2)16/h3-6,9,11H,7-8,16H2,1-2H3,(H,17,19). The van der Waals surface area contributed by atoms with Gasteiger partial charge in [0.25, 0.3) is 5.91 Å². The molecule has 0 aliphatic carbocycles. The average Bonchev–Trinajstić information content (AvgIpc) is 2.91. The number of benzene rings is 1. The highest BCUT2D eigenvalue weighted by Gasteiger charge is 2.13. The van der Waals surface area contributed by atoms with Crippen LogP contribution >= 0.6 is 0 Å². The molecule has 1 unspecified atom stereocenters. The second-order valence-electron chi connectivity index (χ2n) is 4.85. The molecule has 1 aromatic carbocycles. The summed E-state index contributed by atoms with van der Waals surface area (Å²) in [6.07, 6.45) is 2.12. The van der Waals surface area contributed by atoms with Crippen molar-refractivity contribution in [3.8, 4) is 0 Å². The van der Waals surface area contributed by atoms with E-state index in [-0.39, 0.29) is 17.6 Å². The molecule has 0 saturated carbocycles. The van der Waals surface area contributed by atoms with Gasteiger partial charge < -0.3 is 15.5 Å². The molecule has 0 fully saturated rings. The number of oxazole rings is 1. The van der Waals surface area contributed by atoms with E-state index in [4.69, 9.17) is 10.2 Å². The van der Waals surface area contributed by atoms with E-state index >= 15 is 0 Å². The van der Waals surface area contributed by atoms with Crippen molar-refractivity contribution >= 4 is 5.91 Å². The molecule has 3 N–H and O–H groups in total. The third kappa shape index (κ3) is 3.68. The van der Waals surface area contributed by atoms with Gasteiger partial charge in [-0.3, -0.25) is 4.79 Å². The van der Waals surface area contributed by atoms with Gasteiger partial charge in [0.2, 0.25) is 5.89 Å². The van der Waals surface area contributed by atoms with Crippen molar-refractivity contribution in [1.82, 2.24) is 10.3 Å². The molecule has 0 spiro atoms. The van der Waals surface area contributed by atoms with Crippen molar-refractivity contribution in [1.29, 1.82) is 0 Å². The smallest absolute Gasteiger partial charge is 0.273 e. The minimum absolute atomic E-state index is 0.243. The SMILES string of the molecule is Cc1ccc(CCNC(=O)c2coc(C(C)N)n2)cc1. The topological polar surface area (TPSA) is 81.2 Å². The maximum absolute atomic E-state index is 11.9. The van der Waals surface area contributed by atoms with E-state index in [2.05, 4.69) is 34.6 Å². The van der Waals surface area contributed by atoms with Crippen molar-refractivity contribution in [2.75, 3.05) is 6.54 Å². The summed E-state index contributed by atoms with van der Waals surface area (Å²) < 4.78 is 5.13. The lowest BCUT2D eigenvalue weighted by molar-refractivity contribution is 0.0949. The van der Waals surface area contributed by atoms with Gasteiger partial charge in [0.1, 0.15) is 6.26 Å². The van der Waals surface area contributed by atoms with Crippen molar-refractivity contribution in [2.45, 2.75) is 26.3 Å². The van der Waals surface area contributed by atoms with E-state index < -0.39 is 0 Å². The number of carbonyl (C=O) groups is 1. The molecule has 20 heavy (non-hydrogen) atoms. The van der Waals surface area contributed by atoms with Gasteiger partial charge in [-0.15, -0.1) is 0 Å². The number of hydrogen-bond donors (Lipinski definition) is 2. The van der Waals surface area contributed by atoms with Gasteiger partial charge in [-0.05, 0) is 25.8 Å². The Morgan fingerprint density at radius 3 is 2.70 bits per heavy atom. The fourth-order valence-corrected chi connectivity index (χ4v) is 1.77. The van der Waals surface area contributed by atoms with E-state index in [1.165, 1.54) is 17.4 Å². The number of rotatable bonds is 5. The van der Waals surface area contributed by atoms with Crippen LogP contribution < -0.4 is 11.1 Å². The highest BCUT2D eigenvalue weighted by atomic mass is 16.3. The first-order valence-corrected chi connectivity index (χ1v) is 6.61. The zero-order valence-corrected chi connectivity index (χ0v) is 11.7. The van der Waals surface area contributed by atoms with E-state index in [1.54, 1.807) is 6.92 Å². The van der Waals surface area contributed by atoms with Gasteiger partial charge in [-0.1, -0.05) is 29.8 Å². The molecule has 0 saturated heterocycles. The molecule has 106 valence electrons. The Hall–Kier alpha value is -2.14. The predicted octanol–water partition coefficient (Wildman–Crippen LogP) is 1.98. The zero-order valence-electron chi connectivity index (χ0n) is 11.7. The molecule has 2 rings (SSSR count). The summed E-state index contributed by atoms with van der Waals surface area (Å²) in [5, 5.41) is 2.81. The van der Waals surface area contributed by atoms with Crippen LogP contribution in [0.2, 0.25) is 0 Å². The molecule has 5 nitrogen and oxygen atoms in total. The Kier molecular flexibility index (Phi) is 4.53. The number of aromatic nitrogens is 1. The van der Waals surface area contributed by atoms with E-state index in [0.717, 1.165) is 6.42 Å². The Morgan fingerprint density at radius 2 is 2.10 bits per heavy atom. The number of hydrogen-bond acceptors (Lipinski definition) is 4. The first-order valence-electron chi connectivity index (χ1n) is 6.61. The monoisotopic (exact) mass is 273 g/mol. The highest BCUT2D eigenvalue weighted by molar-refractivity contribution is 5.91. The first kappa shape index (κ1) is 14.3. The molecule has 1 amide bonds. The van der Waals surface area contributed by atoms with Crippen molar-refractivity contribution in [3.63, 3.8) is 0 Å². The number of nitrogens with one attached hydrogen (secondary N) is 1. The zero-order chi connectivity index (χ0) is 14.5. The summed E-state index contributed by atoms with van der Waals surface area (Å²) in [4.78, 5) is 15.9. The quantitative estimate of drug-likeness (QED) is 0.872. The molecule has 2 aromatic rings. The number of amides is 1. The van der Waals surface area contributed by atoms with Crippen molar-refractivity contribution in [3.05, 3.63) is 53.2 Å². The molecule has 0 bridgehead atoms. The molecular formula is C15H19N3O2. The Bertz CT molecular complexity index is 573. The Labute approximate surface area is 118 Å². The maximum atomic E-state index is 11.9. The molecule has 0 aliphatic rings. The van der Waals surface area contributed by atoms with Gasteiger partial charge in [0.05, 0.1) is 6.04 Å². The minimum atomic E-state index is -0.316. The van der Waals surface area contributed by atoms with Crippen LogP contribution in [0.4, 0.5) is 0 Å². The van der Waals surface area contributed by atoms with Crippen molar-refractivity contribution < 1.29 is 9.21 Å². The highest BCUT2D eigenvalue weighted by Crippen LogP contribution is 2.09. The van der Waals surface area contributed by atoms with Crippen LogP contribution in [-0.2, 0) is 6.42 Å². The van der Waals surface area contributed by atoms with Gasteiger partial charge in [-0.2, -0.15) is 0 Å². The second kappa shape index (κ2) is 6.34. The molecule has 5 heteroatoms. The normalized spacial score (nSPS) is 12.2. The first-order chi connectivity index (χ1) is 9.56. The molecular weight excluding hydrogens is 254 g/mol. The van der Waals surface area contributed by atoms with E-state index in [9.17, 15) is 4.79 Å². The number of nitrogens with two attached hydrogens (primary N) is 1. The molecule has 1 aromatic heterocycles. The molecule has 1 heterocycles. The third-order valence-electron chi connectivity index (χ3n) is 2.96. The number of aryl methyl sites for hydroxylation is 1. The van der Waals surface area contributed by atoms with Gasteiger partial charge in [0, 0.05) is 6.54 Å². The Balaban J connectivity index is 1.84.